The summed E-state index contributed by atoms with van der Waals surface area (Å²) in [6.07, 6.45) is 2.77. The largest absolute Gasteiger partial charge is 0.390 e. The molecule has 0 aliphatic rings. The maximum absolute atomic E-state index is 9.50. The van der Waals surface area contributed by atoms with Crippen molar-refractivity contribution in [3.63, 3.8) is 0 Å². The van der Waals surface area contributed by atoms with Gasteiger partial charge in [-0.2, -0.15) is 4.98 Å². The van der Waals surface area contributed by atoms with Gasteiger partial charge in [-0.3, -0.25) is 0 Å². The minimum atomic E-state index is -0.662. The van der Waals surface area contributed by atoms with Crippen molar-refractivity contribution in [1.82, 2.24) is 20.1 Å². The first kappa shape index (κ1) is 11.6. The Morgan fingerprint density at radius 2 is 2.12 bits per heavy atom. The molecule has 17 heavy (non-hydrogen) atoms. The molecule has 0 aliphatic heterocycles. The van der Waals surface area contributed by atoms with Gasteiger partial charge in [-0.25, -0.2) is 9.97 Å². The summed E-state index contributed by atoms with van der Waals surface area (Å²) in [5.41, 5.74) is 0. The van der Waals surface area contributed by atoms with E-state index in [0.717, 1.165) is 0 Å². The van der Waals surface area contributed by atoms with Crippen LogP contribution in [0.25, 0.3) is 11.6 Å². The third-order valence-corrected chi connectivity index (χ3v) is 2.00. The van der Waals surface area contributed by atoms with E-state index in [1.165, 1.54) is 7.11 Å². The molecule has 7 nitrogen and oxygen atoms in total. The van der Waals surface area contributed by atoms with Crippen molar-refractivity contribution in [3.05, 3.63) is 24.4 Å². The number of aromatic nitrogens is 4. The van der Waals surface area contributed by atoms with E-state index in [9.17, 15) is 5.11 Å². The minimum absolute atomic E-state index is 0.222. The SMILES string of the molecule is COCC(O)Cc1nc(-c2ncccn2)no1. The van der Waals surface area contributed by atoms with E-state index in [0.29, 0.717) is 17.5 Å². The molecule has 2 heterocycles. The van der Waals surface area contributed by atoms with Crippen LogP contribution in [0.4, 0.5) is 0 Å². The summed E-state index contributed by atoms with van der Waals surface area (Å²) in [4.78, 5) is 12.1. The number of nitrogens with zero attached hydrogens (tertiary/aromatic N) is 4. The Morgan fingerprint density at radius 3 is 2.82 bits per heavy atom. The predicted octanol–water partition coefficient (Wildman–Crippen LogP) is 0.0764. The molecular formula is C10H12N4O3. The first-order valence-electron chi connectivity index (χ1n) is 5.06. The van der Waals surface area contributed by atoms with Crippen molar-refractivity contribution in [1.29, 1.82) is 0 Å². The molecule has 0 fully saturated rings. The van der Waals surface area contributed by atoms with Gasteiger partial charge in [-0.1, -0.05) is 5.16 Å². The molecule has 0 aliphatic carbocycles. The van der Waals surface area contributed by atoms with Gasteiger partial charge < -0.3 is 14.4 Å². The summed E-state index contributed by atoms with van der Waals surface area (Å²) in [6.45, 7) is 0.222. The Kier molecular flexibility index (Phi) is 3.73. The normalized spacial score (nSPS) is 12.6. The molecule has 2 aromatic heterocycles. The van der Waals surface area contributed by atoms with Gasteiger partial charge in [0.25, 0.3) is 0 Å². The van der Waals surface area contributed by atoms with E-state index in [4.69, 9.17) is 9.26 Å². The van der Waals surface area contributed by atoms with Crippen molar-refractivity contribution in [2.24, 2.45) is 0 Å². The topological polar surface area (TPSA) is 94.2 Å². The zero-order chi connectivity index (χ0) is 12.1. The van der Waals surface area contributed by atoms with Crippen molar-refractivity contribution >= 4 is 0 Å². The lowest BCUT2D eigenvalue weighted by Crippen LogP contribution is -2.17. The number of aliphatic hydroxyl groups excluding tert-OH is 1. The Morgan fingerprint density at radius 1 is 1.35 bits per heavy atom. The van der Waals surface area contributed by atoms with Crippen LogP contribution in [0, 0.1) is 0 Å². The van der Waals surface area contributed by atoms with Crippen molar-refractivity contribution in [3.8, 4) is 11.6 Å². The lowest BCUT2D eigenvalue weighted by Gasteiger charge is -2.04. The lowest BCUT2D eigenvalue weighted by molar-refractivity contribution is 0.0599. The van der Waals surface area contributed by atoms with Crippen LogP contribution < -0.4 is 0 Å². The van der Waals surface area contributed by atoms with Gasteiger partial charge in [0.2, 0.25) is 17.5 Å². The zero-order valence-electron chi connectivity index (χ0n) is 9.28. The van der Waals surface area contributed by atoms with Gasteiger partial charge in [-0.15, -0.1) is 0 Å². The number of rotatable bonds is 5. The molecule has 0 aromatic carbocycles. The third kappa shape index (κ3) is 3.05. The van der Waals surface area contributed by atoms with Crippen molar-refractivity contribution < 1.29 is 14.4 Å². The molecule has 2 aromatic rings. The first-order chi connectivity index (χ1) is 8.29. The fourth-order valence-electron chi connectivity index (χ4n) is 1.30. The Balaban J connectivity index is 2.06. The molecule has 7 heteroatoms. The number of aliphatic hydroxyl groups is 1. The van der Waals surface area contributed by atoms with E-state index >= 15 is 0 Å². The summed E-state index contributed by atoms with van der Waals surface area (Å²) in [5, 5.41) is 13.2. The average Bonchev–Trinajstić information content (AvgIpc) is 2.79. The molecule has 2 rings (SSSR count). The van der Waals surface area contributed by atoms with E-state index < -0.39 is 6.10 Å². The highest BCUT2D eigenvalue weighted by molar-refractivity contribution is 5.40. The summed E-state index contributed by atoms with van der Waals surface area (Å²) in [6, 6.07) is 1.70. The molecule has 0 radical (unpaired) electrons. The van der Waals surface area contributed by atoms with Crippen LogP contribution in [-0.2, 0) is 11.2 Å². The smallest absolute Gasteiger partial charge is 0.240 e. The predicted molar refractivity (Wildman–Crippen MR) is 56.9 cm³/mol. The summed E-state index contributed by atoms with van der Waals surface area (Å²) in [7, 11) is 1.51. The fourth-order valence-corrected chi connectivity index (χ4v) is 1.30. The van der Waals surface area contributed by atoms with Crippen molar-refractivity contribution in [2.75, 3.05) is 13.7 Å². The molecule has 0 amide bonds. The van der Waals surface area contributed by atoms with E-state index in [1.807, 2.05) is 0 Å². The van der Waals surface area contributed by atoms with Crippen LogP contribution in [0.1, 0.15) is 5.89 Å². The standard InChI is InChI=1S/C10H12N4O3/c1-16-6-7(15)5-8-13-10(14-17-8)9-11-3-2-4-12-9/h2-4,7,15H,5-6H2,1H3. The third-order valence-electron chi connectivity index (χ3n) is 2.00. The number of hydrogen-bond donors (Lipinski definition) is 1. The number of methoxy groups -OCH3 is 1. The molecular weight excluding hydrogens is 224 g/mol. The van der Waals surface area contributed by atoms with Crippen LogP contribution in [0.3, 0.4) is 0 Å². The maximum Gasteiger partial charge on any atom is 0.240 e. The summed E-state index contributed by atoms with van der Waals surface area (Å²) >= 11 is 0. The lowest BCUT2D eigenvalue weighted by atomic mass is 10.3. The van der Waals surface area contributed by atoms with Gasteiger partial charge in [0.1, 0.15) is 0 Å². The van der Waals surface area contributed by atoms with Crippen LogP contribution in [-0.4, -0.2) is 45.0 Å². The second-order valence-electron chi connectivity index (χ2n) is 3.40. The Bertz CT molecular complexity index is 460. The maximum atomic E-state index is 9.50. The molecule has 0 spiro atoms. The van der Waals surface area contributed by atoms with Crippen molar-refractivity contribution in [2.45, 2.75) is 12.5 Å². The van der Waals surface area contributed by atoms with Crippen LogP contribution in [0.5, 0.6) is 0 Å². The second-order valence-corrected chi connectivity index (χ2v) is 3.40. The summed E-state index contributed by atoms with van der Waals surface area (Å²) in [5.74, 6) is 1.03. The molecule has 1 atom stereocenters. The quantitative estimate of drug-likeness (QED) is 0.785. The second kappa shape index (κ2) is 5.46. The average molecular weight is 236 g/mol. The summed E-state index contributed by atoms with van der Waals surface area (Å²) < 4.78 is 9.78. The van der Waals surface area contributed by atoms with Crippen LogP contribution >= 0.6 is 0 Å². The molecule has 1 N–H and O–H groups in total. The Hall–Kier alpha value is -1.86. The monoisotopic (exact) mass is 236 g/mol. The van der Waals surface area contributed by atoms with Gasteiger partial charge in [0, 0.05) is 19.5 Å². The number of ether oxygens (including phenoxy) is 1. The van der Waals surface area contributed by atoms with Gasteiger partial charge >= 0.3 is 0 Å². The molecule has 0 saturated heterocycles. The minimum Gasteiger partial charge on any atom is -0.390 e. The highest BCUT2D eigenvalue weighted by Crippen LogP contribution is 2.10. The molecule has 0 saturated carbocycles. The fraction of sp³-hybridized carbons (Fsp3) is 0.400. The van der Waals surface area contributed by atoms with Gasteiger partial charge in [0.05, 0.1) is 19.1 Å². The first-order valence-corrected chi connectivity index (χ1v) is 5.06. The molecule has 90 valence electrons. The molecule has 1 unspecified atom stereocenters. The highest BCUT2D eigenvalue weighted by atomic mass is 16.5. The van der Waals surface area contributed by atoms with E-state index in [1.54, 1.807) is 18.5 Å². The Labute approximate surface area is 97.5 Å². The number of hydrogen-bond acceptors (Lipinski definition) is 7. The highest BCUT2D eigenvalue weighted by Gasteiger charge is 2.14. The van der Waals surface area contributed by atoms with Crippen LogP contribution in [0.2, 0.25) is 0 Å². The van der Waals surface area contributed by atoms with Gasteiger partial charge in [0.15, 0.2) is 0 Å². The molecule has 0 bridgehead atoms. The van der Waals surface area contributed by atoms with Gasteiger partial charge in [-0.05, 0) is 6.07 Å². The van der Waals surface area contributed by atoms with E-state index in [-0.39, 0.29) is 13.0 Å². The van der Waals surface area contributed by atoms with Crippen LogP contribution in [0.15, 0.2) is 23.0 Å². The van der Waals surface area contributed by atoms with E-state index in [2.05, 4.69) is 20.1 Å². The zero-order valence-corrected chi connectivity index (χ0v) is 9.28.